The van der Waals surface area contributed by atoms with E-state index in [1.165, 1.54) is 63.4 Å². The first-order chi connectivity index (χ1) is 25.8. The van der Waals surface area contributed by atoms with Gasteiger partial charge in [0.2, 0.25) is 11.8 Å². The summed E-state index contributed by atoms with van der Waals surface area (Å²) in [4.78, 5) is 39.9. The van der Waals surface area contributed by atoms with Crippen LogP contribution in [0.2, 0.25) is 0 Å². The lowest BCUT2D eigenvalue weighted by atomic mass is 9.65. The number of rotatable bonds is 28. The van der Waals surface area contributed by atoms with Crippen molar-refractivity contribution in [1.29, 1.82) is 0 Å². The Labute approximate surface area is 330 Å². The van der Waals surface area contributed by atoms with Gasteiger partial charge in [-0.25, -0.2) is 0 Å². The van der Waals surface area contributed by atoms with Crippen LogP contribution in [0, 0.1) is 29.1 Å². The molecule has 2 aliphatic rings. The predicted octanol–water partition coefficient (Wildman–Crippen LogP) is 9.63. The number of aliphatic hydroxyl groups is 2. The van der Waals surface area contributed by atoms with Crippen LogP contribution in [-0.4, -0.2) is 71.3 Å². The van der Waals surface area contributed by atoms with Gasteiger partial charge in [-0.15, -0.1) is 0 Å². The number of amides is 2. The number of nitrogens with one attached hydrogen (secondary N) is 1. The highest BCUT2D eigenvalue weighted by molar-refractivity contribution is 5.77. The third-order valence-electron chi connectivity index (χ3n) is 11.9. The van der Waals surface area contributed by atoms with Gasteiger partial charge >= 0.3 is 5.97 Å². The summed E-state index contributed by atoms with van der Waals surface area (Å²) in [6, 6.07) is 0. The maximum atomic E-state index is 13.1. The van der Waals surface area contributed by atoms with Crippen LogP contribution in [0.4, 0.5) is 0 Å². The van der Waals surface area contributed by atoms with E-state index in [9.17, 15) is 24.6 Å². The van der Waals surface area contributed by atoms with Crippen molar-refractivity contribution in [2.45, 2.75) is 188 Å². The summed E-state index contributed by atoms with van der Waals surface area (Å²) in [6.07, 6.45) is 28.7. The molecule has 310 valence electrons. The number of esters is 1. The van der Waals surface area contributed by atoms with Crippen molar-refractivity contribution in [2.75, 3.05) is 20.1 Å². The molecule has 0 bridgehead atoms. The number of hydrogen-bond donors (Lipinski definition) is 3. The van der Waals surface area contributed by atoms with Crippen molar-refractivity contribution < 1.29 is 29.3 Å². The van der Waals surface area contributed by atoms with Crippen LogP contribution in [0.25, 0.3) is 0 Å². The second-order valence-electron chi connectivity index (χ2n) is 17.3. The smallest absolute Gasteiger partial charge is 0.311 e. The standard InChI is InChI=1S/C46H80N2O6/c1-8-10-11-12-13-14-15-16-17-18-19-20-21-22-23-24-43(52)48(7)30-29-47-42(51)34-39(50)33-38(49)27-28-40-36(4)25-26-37-31-35(3)32-41(44(37)40)54-45(53)46(5,6)9-2/h16-17,25-26,31,35-36,38-41,44,49-50H,8-15,18-24,27-30,32-34H2,1-7H3,(H,47,51)/b17-16-/t35-,36?,38?,39?,40-,41?,44?/m0/s1. The molecule has 0 aromatic carbocycles. The molecule has 0 spiro atoms. The number of carbonyl (C=O) groups excluding carboxylic acids is 3. The van der Waals surface area contributed by atoms with Crippen LogP contribution in [0.15, 0.2) is 36.0 Å². The third kappa shape index (κ3) is 18.5. The Morgan fingerprint density at radius 3 is 2.22 bits per heavy atom. The maximum absolute atomic E-state index is 13.1. The fourth-order valence-electron chi connectivity index (χ4n) is 7.87. The minimum Gasteiger partial charge on any atom is -0.461 e. The number of aliphatic hydroxyl groups excluding tert-OH is 2. The number of likely N-dealkylation sites (N-methyl/N-ethyl adjacent to an activating group) is 1. The van der Waals surface area contributed by atoms with Gasteiger partial charge in [-0.1, -0.05) is 109 Å². The first-order valence-electron chi connectivity index (χ1n) is 21.9. The topological polar surface area (TPSA) is 116 Å². The fraction of sp³-hybridized carbons (Fsp3) is 0.804. The number of allylic oxidation sites excluding steroid dienone is 5. The molecule has 7 atom stereocenters. The third-order valence-corrected chi connectivity index (χ3v) is 11.9. The van der Waals surface area contributed by atoms with Gasteiger partial charge in [-0.2, -0.15) is 0 Å². The van der Waals surface area contributed by atoms with Crippen LogP contribution >= 0.6 is 0 Å². The van der Waals surface area contributed by atoms with Gasteiger partial charge in [-0.3, -0.25) is 14.4 Å². The summed E-state index contributed by atoms with van der Waals surface area (Å²) in [5.74, 6) is 0.494. The number of hydrogen-bond acceptors (Lipinski definition) is 6. The molecule has 2 aliphatic carbocycles. The summed E-state index contributed by atoms with van der Waals surface area (Å²) in [6.45, 7) is 13.2. The average molecular weight is 757 g/mol. The van der Waals surface area contributed by atoms with E-state index in [4.69, 9.17) is 4.74 Å². The molecule has 0 aromatic rings. The number of carbonyl (C=O) groups is 3. The van der Waals surface area contributed by atoms with Crippen molar-refractivity contribution in [3.8, 4) is 0 Å². The van der Waals surface area contributed by atoms with Crippen molar-refractivity contribution in [2.24, 2.45) is 29.1 Å². The van der Waals surface area contributed by atoms with Crippen LogP contribution in [-0.2, 0) is 19.1 Å². The van der Waals surface area contributed by atoms with Crippen LogP contribution in [0.5, 0.6) is 0 Å². The summed E-state index contributed by atoms with van der Waals surface area (Å²) in [5, 5.41) is 24.3. The molecule has 2 rings (SSSR count). The summed E-state index contributed by atoms with van der Waals surface area (Å²) in [5.41, 5.74) is 0.678. The zero-order valence-corrected chi connectivity index (χ0v) is 35.5. The molecular weight excluding hydrogens is 677 g/mol. The van der Waals surface area contributed by atoms with E-state index in [0.717, 1.165) is 38.5 Å². The zero-order chi connectivity index (χ0) is 39.9. The SMILES string of the molecule is CCCCCCCC/C=C\CCCCCCCC(=O)N(C)CCNC(=O)CC(O)CC(O)CC[C@H]1C(C)C=CC2=C[C@H](C)CC(OC(=O)C(C)(C)CC)C21. The van der Waals surface area contributed by atoms with Crippen LogP contribution < -0.4 is 5.32 Å². The molecule has 0 radical (unpaired) electrons. The van der Waals surface area contributed by atoms with Gasteiger partial charge < -0.3 is 25.2 Å². The number of unbranched alkanes of at least 4 members (excludes halogenated alkanes) is 11. The first kappa shape index (κ1) is 47.7. The highest BCUT2D eigenvalue weighted by atomic mass is 16.5. The van der Waals surface area contributed by atoms with Gasteiger partial charge in [0, 0.05) is 32.5 Å². The molecule has 54 heavy (non-hydrogen) atoms. The molecule has 0 aliphatic heterocycles. The van der Waals surface area contributed by atoms with Gasteiger partial charge in [0.05, 0.1) is 24.0 Å². The second kappa shape index (κ2) is 26.4. The Balaban J connectivity index is 1.61. The van der Waals surface area contributed by atoms with Gasteiger partial charge in [0.15, 0.2) is 0 Å². The van der Waals surface area contributed by atoms with Crippen molar-refractivity contribution in [3.63, 3.8) is 0 Å². The van der Waals surface area contributed by atoms with E-state index >= 15 is 0 Å². The Hall–Kier alpha value is -2.45. The molecule has 0 fully saturated rings. The molecule has 0 heterocycles. The summed E-state index contributed by atoms with van der Waals surface area (Å²) in [7, 11) is 1.77. The van der Waals surface area contributed by atoms with Crippen molar-refractivity contribution in [1.82, 2.24) is 10.2 Å². The number of fused-ring (bicyclic) bond motifs is 1. The Morgan fingerprint density at radius 1 is 0.944 bits per heavy atom. The van der Waals surface area contributed by atoms with E-state index in [-0.39, 0.29) is 54.5 Å². The highest BCUT2D eigenvalue weighted by Gasteiger charge is 2.43. The summed E-state index contributed by atoms with van der Waals surface area (Å²) >= 11 is 0. The lowest BCUT2D eigenvalue weighted by Crippen LogP contribution is -2.43. The lowest BCUT2D eigenvalue weighted by molar-refractivity contribution is -0.164. The van der Waals surface area contributed by atoms with Gasteiger partial charge in [0.1, 0.15) is 6.10 Å². The molecule has 5 unspecified atom stereocenters. The first-order valence-corrected chi connectivity index (χ1v) is 21.9. The number of nitrogens with zero attached hydrogens (tertiary/aromatic N) is 1. The van der Waals surface area contributed by atoms with Crippen LogP contribution in [0.1, 0.15) is 170 Å². The van der Waals surface area contributed by atoms with Crippen molar-refractivity contribution in [3.05, 3.63) is 36.0 Å². The Bertz CT molecular complexity index is 1180. The average Bonchev–Trinajstić information content (AvgIpc) is 3.12. The minimum atomic E-state index is -0.958. The quantitative estimate of drug-likeness (QED) is 0.0416. The zero-order valence-electron chi connectivity index (χ0n) is 35.5. The maximum Gasteiger partial charge on any atom is 0.311 e. The molecule has 2 amide bonds. The second-order valence-corrected chi connectivity index (χ2v) is 17.3. The molecule has 0 aromatic heterocycles. The fourth-order valence-corrected chi connectivity index (χ4v) is 7.87. The summed E-state index contributed by atoms with van der Waals surface area (Å²) < 4.78 is 6.21. The molecule has 8 nitrogen and oxygen atoms in total. The molecular formula is C46H80N2O6. The van der Waals surface area contributed by atoms with Gasteiger partial charge in [0.25, 0.3) is 0 Å². The predicted molar refractivity (Wildman–Crippen MR) is 222 cm³/mol. The van der Waals surface area contributed by atoms with Gasteiger partial charge in [-0.05, 0) is 101 Å². The Kier molecular flexibility index (Phi) is 23.3. The normalized spacial score (nSPS) is 22.4. The monoisotopic (exact) mass is 757 g/mol. The largest absolute Gasteiger partial charge is 0.461 e. The van der Waals surface area contributed by atoms with Crippen LogP contribution in [0.3, 0.4) is 0 Å². The van der Waals surface area contributed by atoms with E-state index in [0.29, 0.717) is 38.3 Å². The lowest BCUT2D eigenvalue weighted by Gasteiger charge is -2.44. The number of ether oxygens (including phenoxy) is 1. The van der Waals surface area contributed by atoms with E-state index in [1.807, 2.05) is 20.8 Å². The van der Waals surface area contributed by atoms with E-state index in [2.05, 4.69) is 56.5 Å². The minimum absolute atomic E-state index is 0.0765. The van der Waals surface area contributed by atoms with E-state index in [1.54, 1.807) is 11.9 Å². The van der Waals surface area contributed by atoms with Crippen molar-refractivity contribution >= 4 is 17.8 Å². The molecule has 3 N–H and O–H groups in total. The highest BCUT2D eigenvalue weighted by Crippen LogP contribution is 2.45. The molecule has 0 saturated heterocycles. The Morgan fingerprint density at radius 2 is 1.57 bits per heavy atom. The van der Waals surface area contributed by atoms with E-state index < -0.39 is 17.6 Å². The molecule has 8 heteroatoms. The molecule has 0 saturated carbocycles.